The summed E-state index contributed by atoms with van der Waals surface area (Å²) in [6.45, 7) is 3.99. The van der Waals surface area contributed by atoms with Crippen LogP contribution < -0.4 is 16.9 Å². The lowest BCUT2D eigenvalue weighted by Gasteiger charge is -2.09. The zero-order chi connectivity index (χ0) is 15.0. The minimum atomic E-state index is -0.440. The number of nitrogens with one attached hydrogen (secondary N) is 1. The number of nitrogens with two attached hydrogens (primary N) is 2. The highest BCUT2D eigenvalue weighted by Crippen LogP contribution is 2.11. The molecule has 0 saturated heterocycles. The molecule has 1 amide bonds. The van der Waals surface area contributed by atoms with E-state index in [2.05, 4.69) is 10.5 Å². The third-order valence-electron chi connectivity index (χ3n) is 2.80. The van der Waals surface area contributed by atoms with Gasteiger partial charge in [-0.3, -0.25) is 4.79 Å². The van der Waals surface area contributed by atoms with Crippen molar-refractivity contribution in [1.29, 1.82) is 0 Å². The third-order valence-corrected chi connectivity index (χ3v) is 2.80. The van der Waals surface area contributed by atoms with E-state index in [-0.39, 0.29) is 6.04 Å². The van der Waals surface area contributed by atoms with Crippen LogP contribution in [0.4, 0.5) is 0 Å². The maximum atomic E-state index is 11.4. The van der Waals surface area contributed by atoms with Gasteiger partial charge in [-0.1, -0.05) is 31.2 Å². The molecule has 1 aliphatic heterocycles. The number of hydrogen-bond acceptors (Lipinski definition) is 4. The Hall–Kier alpha value is -2.30. The predicted molar refractivity (Wildman–Crippen MR) is 82.8 cm³/mol. The molecule has 0 aliphatic carbocycles. The first-order valence-electron chi connectivity index (χ1n) is 6.67. The fourth-order valence-electron chi connectivity index (χ4n) is 1.76. The Balaban J connectivity index is 3.13. The lowest BCUT2D eigenvalue weighted by molar-refractivity contribution is -0.114. The molecule has 20 heavy (non-hydrogen) atoms. The van der Waals surface area contributed by atoms with Crippen molar-refractivity contribution in [3.63, 3.8) is 0 Å². The highest BCUT2D eigenvalue weighted by molar-refractivity contribution is 6.04. The molecule has 1 unspecified atom stereocenters. The Labute approximate surface area is 119 Å². The predicted octanol–water partition coefficient (Wildman–Crippen LogP) is 1.50. The standard InChI is InChI=1S/C15H22N4O/c1-3-4-12(9-10-16)14-8-7-13(15(17)20)6-5-11(2)18-19-14/h4-7,9-11,18H,3,8,16H2,1-2H3,(H2,17,20)/b6-5-,10-9-,12-4+,13-7+,19-14+. The molecule has 1 rings (SSSR count). The molecule has 0 aromatic rings. The highest BCUT2D eigenvalue weighted by atomic mass is 16.1. The summed E-state index contributed by atoms with van der Waals surface area (Å²) in [6.07, 6.45) is 12.1. The van der Waals surface area contributed by atoms with E-state index >= 15 is 0 Å². The van der Waals surface area contributed by atoms with Crippen molar-refractivity contribution in [2.45, 2.75) is 32.7 Å². The molecule has 5 nitrogen and oxygen atoms in total. The van der Waals surface area contributed by atoms with Crippen LogP contribution in [0.5, 0.6) is 0 Å². The van der Waals surface area contributed by atoms with Gasteiger partial charge in [0, 0.05) is 12.0 Å². The Morgan fingerprint density at radius 1 is 1.60 bits per heavy atom. The average Bonchev–Trinajstić information content (AvgIpc) is 2.49. The van der Waals surface area contributed by atoms with E-state index in [4.69, 9.17) is 11.5 Å². The number of hydrazone groups is 1. The largest absolute Gasteiger partial charge is 0.405 e. The van der Waals surface area contributed by atoms with Crippen LogP contribution in [-0.2, 0) is 4.79 Å². The summed E-state index contributed by atoms with van der Waals surface area (Å²) in [5.41, 5.74) is 16.1. The van der Waals surface area contributed by atoms with Gasteiger partial charge in [0.2, 0.25) is 5.91 Å². The van der Waals surface area contributed by atoms with Crippen molar-refractivity contribution in [1.82, 2.24) is 5.43 Å². The van der Waals surface area contributed by atoms with Gasteiger partial charge < -0.3 is 16.9 Å². The number of nitrogens with zero attached hydrogens (tertiary/aromatic N) is 1. The summed E-state index contributed by atoms with van der Waals surface area (Å²) in [7, 11) is 0. The van der Waals surface area contributed by atoms with Gasteiger partial charge in [-0.25, -0.2) is 0 Å². The molecule has 5 N–H and O–H groups in total. The summed E-state index contributed by atoms with van der Waals surface area (Å²) in [6, 6.07) is 0.00980. The Morgan fingerprint density at radius 3 is 2.95 bits per heavy atom. The SMILES string of the molecule is CC/C=C(\C=C/N)C1=N/NC(C)/C=C\C(C(N)=O)=C/C\1. The second-order valence-electron chi connectivity index (χ2n) is 4.49. The van der Waals surface area contributed by atoms with E-state index in [1.807, 2.05) is 26.0 Å². The van der Waals surface area contributed by atoms with Crippen LogP contribution in [0.3, 0.4) is 0 Å². The van der Waals surface area contributed by atoms with Crippen LogP contribution in [0, 0.1) is 0 Å². The summed E-state index contributed by atoms with van der Waals surface area (Å²) in [4.78, 5) is 11.4. The van der Waals surface area contributed by atoms with Crippen LogP contribution in [0.25, 0.3) is 0 Å². The maximum Gasteiger partial charge on any atom is 0.248 e. The van der Waals surface area contributed by atoms with Gasteiger partial charge in [0.25, 0.3) is 0 Å². The molecule has 1 atom stereocenters. The van der Waals surface area contributed by atoms with E-state index < -0.39 is 5.91 Å². The number of allylic oxidation sites excluding steroid dienone is 4. The number of hydrogen-bond donors (Lipinski definition) is 3. The first kappa shape index (κ1) is 15.8. The second kappa shape index (κ2) is 7.99. The number of carbonyl (C=O) groups is 1. The van der Waals surface area contributed by atoms with Crippen molar-refractivity contribution in [2.75, 3.05) is 0 Å². The summed E-state index contributed by atoms with van der Waals surface area (Å²) in [5, 5.41) is 4.40. The normalized spacial score (nSPS) is 27.3. The number of carbonyl (C=O) groups excluding carboxylic acids is 1. The van der Waals surface area contributed by atoms with Gasteiger partial charge in [0.05, 0.1) is 11.8 Å². The fraction of sp³-hybridized carbons (Fsp3) is 0.333. The smallest absolute Gasteiger partial charge is 0.248 e. The minimum Gasteiger partial charge on any atom is -0.405 e. The van der Waals surface area contributed by atoms with E-state index in [1.54, 1.807) is 18.2 Å². The molecular formula is C15H22N4O. The minimum absolute atomic E-state index is 0.00980. The molecule has 0 bridgehead atoms. The quantitative estimate of drug-likeness (QED) is 0.678. The Morgan fingerprint density at radius 2 is 2.35 bits per heavy atom. The molecule has 0 radical (unpaired) electrons. The second-order valence-corrected chi connectivity index (χ2v) is 4.49. The van der Waals surface area contributed by atoms with E-state index in [0.29, 0.717) is 12.0 Å². The average molecular weight is 274 g/mol. The van der Waals surface area contributed by atoms with E-state index in [1.165, 1.54) is 6.20 Å². The van der Waals surface area contributed by atoms with Gasteiger partial charge in [-0.2, -0.15) is 5.10 Å². The number of rotatable bonds is 4. The molecule has 0 fully saturated rings. The molecule has 1 aliphatic rings. The first-order chi connectivity index (χ1) is 9.58. The van der Waals surface area contributed by atoms with Crippen molar-refractivity contribution in [3.05, 3.63) is 47.7 Å². The van der Waals surface area contributed by atoms with Crippen LogP contribution >= 0.6 is 0 Å². The van der Waals surface area contributed by atoms with Crippen molar-refractivity contribution in [2.24, 2.45) is 16.6 Å². The lowest BCUT2D eigenvalue weighted by Crippen LogP contribution is -2.20. The number of amides is 1. The summed E-state index contributed by atoms with van der Waals surface area (Å²) in [5.74, 6) is -0.440. The number of primary amides is 1. The summed E-state index contributed by atoms with van der Waals surface area (Å²) >= 11 is 0. The Bertz CT molecular complexity index is 498. The Kier molecular flexibility index (Phi) is 6.29. The molecule has 0 saturated carbocycles. The summed E-state index contributed by atoms with van der Waals surface area (Å²) < 4.78 is 0. The van der Waals surface area contributed by atoms with Crippen molar-refractivity contribution in [3.8, 4) is 0 Å². The lowest BCUT2D eigenvalue weighted by atomic mass is 10.0. The van der Waals surface area contributed by atoms with Gasteiger partial charge in [-0.05, 0) is 31.2 Å². The molecule has 108 valence electrons. The van der Waals surface area contributed by atoms with Crippen molar-refractivity contribution < 1.29 is 4.79 Å². The van der Waals surface area contributed by atoms with Crippen molar-refractivity contribution >= 4 is 11.6 Å². The van der Waals surface area contributed by atoms with Gasteiger partial charge in [0.15, 0.2) is 0 Å². The molecule has 5 heteroatoms. The highest BCUT2D eigenvalue weighted by Gasteiger charge is 2.09. The topological polar surface area (TPSA) is 93.5 Å². The molecule has 0 aromatic heterocycles. The van der Waals surface area contributed by atoms with Gasteiger partial charge in [0.1, 0.15) is 0 Å². The van der Waals surface area contributed by atoms with E-state index in [0.717, 1.165) is 17.7 Å². The maximum absolute atomic E-state index is 11.4. The molecule has 1 heterocycles. The van der Waals surface area contributed by atoms with Crippen LogP contribution in [0.2, 0.25) is 0 Å². The zero-order valence-electron chi connectivity index (χ0n) is 12.0. The van der Waals surface area contributed by atoms with Crippen LogP contribution in [0.1, 0.15) is 26.7 Å². The molecular weight excluding hydrogens is 252 g/mol. The zero-order valence-corrected chi connectivity index (χ0v) is 12.0. The molecule has 0 spiro atoms. The van der Waals surface area contributed by atoms with Crippen LogP contribution in [0.15, 0.2) is 52.8 Å². The van der Waals surface area contributed by atoms with Gasteiger partial charge >= 0.3 is 0 Å². The monoisotopic (exact) mass is 274 g/mol. The first-order valence-corrected chi connectivity index (χ1v) is 6.67. The van der Waals surface area contributed by atoms with E-state index in [9.17, 15) is 4.79 Å². The molecule has 0 aromatic carbocycles. The van der Waals surface area contributed by atoms with Gasteiger partial charge in [-0.15, -0.1) is 0 Å². The fourth-order valence-corrected chi connectivity index (χ4v) is 1.76. The third kappa shape index (κ3) is 4.76. The van der Waals surface area contributed by atoms with Crippen LogP contribution in [-0.4, -0.2) is 17.7 Å².